The lowest BCUT2D eigenvalue weighted by molar-refractivity contribution is 0.525. The van der Waals surface area contributed by atoms with Crippen molar-refractivity contribution in [2.75, 3.05) is 0 Å². The molecule has 0 aliphatic carbocycles. The second-order valence-corrected chi connectivity index (χ2v) is 7.24. The summed E-state index contributed by atoms with van der Waals surface area (Å²) in [5.74, 6) is -0.544. The summed E-state index contributed by atoms with van der Waals surface area (Å²) < 4.78 is 40.7. The third kappa shape index (κ3) is 3.74. The first-order valence-corrected chi connectivity index (χ1v) is 8.03. The van der Waals surface area contributed by atoms with Crippen LogP contribution in [0.25, 0.3) is 0 Å². The number of nitrogens with one attached hydrogen (secondary N) is 1. The number of nitrogens with two attached hydrogens (primary N) is 1. The Balaban J connectivity index is 3.28. The quantitative estimate of drug-likeness (QED) is 0.815. The molecule has 0 fully saturated rings. The van der Waals surface area contributed by atoms with Crippen LogP contribution in [0.15, 0.2) is 17.0 Å². The molecule has 0 spiro atoms. The Bertz CT molecular complexity index is 604. The minimum atomic E-state index is -3.81. The Morgan fingerprint density at radius 1 is 1.30 bits per heavy atom. The molecule has 0 amide bonds. The zero-order valence-corrected chi connectivity index (χ0v) is 13.5. The topological polar surface area (TPSA) is 72.2 Å². The van der Waals surface area contributed by atoms with Gasteiger partial charge in [0.15, 0.2) is 0 Å². The van der Waals surface area contributed by atoms with Crippen molar-refractivity contribution >= 4 is 27.2 Å². The van der Waals surface area contributed by atoms with Crippen molar-refractivity contribution in [2.24, 2.45) is 11.7 Å². The summed E-state index contributed by atoms with van der Waals surface area (Å²) in [7, 11) is -3.81. The maximum absolute atomic E-state index is 13.3. The second kappa shape index (κ2) is 6.15. The summed E-state index contributed by atoms with van der Waals surface area (Å²) >= 11 is 4.89. The Kier molecular flexibility index (Phi) is 5.23. The number of aryl methyl sites for hydroxylation is 2. The third-order valence-electron chi connectivity index (χ3n) is 2.95. The van der Waals surface area contributed by atoms with Crippen LogP contribution in [0.5, 0.6) is 0 Å². The molecule has 0 radical (unpaired) electrons. The number of hydrogen-bond donors (Lipinski definition) is 2. The molecule has 112 valence electrons. The predicted molar refractivity (Wildman–Crippen MR) is 81.6 cm³/mol. The standard InChI is InChI=1S/C13H19FN2O2S2/c1-7(2)11(13(15)19)16-20(17,18)12-8(3)5-10(14)6-9(12)4/h5-7,11,16H,1-4H3,(H2,15,19). The molecule has 3 N–H and O–H groups in total. The Labute approximate surface area is 124 Å². The summed E-state index contributed by atoms with van der Waals surface area (Å²) in [6.45, 7) is 6.74. The van der Waals surface area contributed by atoms with E-state index in [0.717, 1.165) is 0 Å². The second-order valence-electron chi connectivity index (χ2n) is 5.11. The monoisotopic (exact) mass is 318 g/mol. The highest BCUT2D eigenvalue weighted by atomic mass is 32.2. The molecular formula is C13H19FN2O2S2. The summed E-state index contributed by atoms with van der Waals surface area (Å²) in [6.07, 6.45) is 0. The molecule has 7 heteroatoms. The highest BCUT2D eigenvalue weighted by molar-refractivity contribution is 7.89. The van der Waals surface area contributed by atoms with Gasteiger partial charge in [0, 0.05) is 0 Å². The molecule has 0 bridgehead atoms. The van der Waals surface area contributed by atoms with Gasteiger partial charge in [0.25, 0.3) is 0 Å². The van der Waals surface area contributed by atoms with Crippen molar-refractivity contribution in [3.8, 4) is 0 Å². The van der Waals surface area contributed by atoms with Crippen LogP contribution in [0.1, 0.15) is 25.0 Å². The van der Waals surface area contributed by atoms with Crippen molar-refractivity contribution < 1.29 is 12.8 Å². The van der Waals surface area contributed by atoms with E-state index in [1.54, 1.807) is 13.8 Å². The lowest BCUT2D eigenvalue weighted by atomic mass is 10.1. The number of rotatable bonds is 5. The van der Waals surface area contributed by atoms with Gasteiger partial charge in [0.1, 0.15) is 5.82 Å². The van der Waals surface area contributed by atoms with E-state index in [4.69, 9.17) is 18.0 Å². The van der Waals surface area contributed by atoms with E-state index in [2.05, 4.69) is 4.72 Å². The molecular weight excluding hydrogens is 299 g/mol. The van der Waals surface area contributed by atoms with E-state index in [-0.39, 0.29) is 15.8 Å². The Morgan fingerprint density at radius 2 is 1.75 bits per heavy atom. The first-order chi connectivity index (χ1) is 9.06. The van der Waals surface area contributed by atoms with Gasteiger partial charge in [-0.2, -0.15) is 0 Å². The molecule has 20 heavy (non-hydrogen) atoms. The maximum atomic E-state index is 13.3. The van der Waals surface area contributed by atoms with Crippen LogP contribution in [-0.4, -0.2) is 19.4 Å². The highest BCUT2D eigenvalue weighted by Gasteiger charge is 2.27. The van der Waals surface area contributed by atoms with Gasteiger partial charge in [0.05, 0.1) is 15.9 Å². The van der Waals surface area contributed by atoms with Gasteiger partial charge in [-0.15, -0.1) is 0 Å². The van der Waals surface area contributed by atoms with E-state index in [1.807, 2.05) is 13.8 Å². The first-order valence-electron chi connectivity index (χ1n) is 6.14. The average molecular weight is 318 g/mol. The predicted octanol–water partition coefficient (Wildman–Crippen LogP) is 2.03. The molecule has 0 saturated carbocycles. The SMILES string of the molecule is Cc1cc(F)cc(C)c1S(=O)(=O)NC(C(N)=S)C(C)C. The molecule has 1 atom stereocenters. The zero-order chi connectivity index (χ0) is 15.7. The van der Waals surface area contributed by atoms with Gasteiger partial charge in [-0.25, -0.2) is 17.5 Å². The Morgan fingerprint density at radius 3 is 2.10 bits per heavy atom. The normalized spacial score (nSPS) is 13.5. The smallest absolute Gasteiger partial charge is 0.241 e. The van der Waals surface area contributed by atoms with Crippen molar-refractivity contribution in [3.63, 3.8) is 0 Å². The van der Waals surface area contributed by atoms with Gasteiger partial charge < -0.3 is 5.73 Å². The number of benzene rings is 1. The zero-order valence-electron chi connectivity index (χ0n) is 11.9. The van der Waals surface area contributed by atoms with E-state index in [1.165, 1.54) is 12.1 Å². The number of halogens is 1. The minimum Gasteiger partial charge on any atom is -0.392 e. The van der Waals surface area contributed by atoms with Crippen LogP contribution < -0.4 is 10.5 Å². The molecule has 1 unspecified atom stereocenters. The molecule has 0 aliphatic rings. The number of hydrogen-bond acceptors (Lipinski definition) is 3. The lowest BCUT2D eigenvalue weighted by Crippen LogP contribution is -2.47. The largest absolute Gasteiger partial charge is 0.392 e. The molecule has 0 aromatic heterocycles. The van der Waals surface area contributed by atoms with Gasteiger partial charge in [-0.3, -0.25) is 0 Å². The van der Waals surface area contributed by atoms with E-state index in [0.29, 0.717) is 11.1 Å². The molecule has 0 saturated heterocycles. The fraction of sp³-hybridized carbons (Fsp3) is 0.462. The van der Waals surface area contributed by atoms with E-state index < -0.39 is 21.9 Å². The molecule has 1 aromatic rings. The van der Waals surface area contributed by atoms with Crippen molar-refractivity contribution in [3.05, 3.63) is 29.1 Å². The van der Waals surface area contributed by atoms with Crippen molar-refractivity contribution in [1.82, 2.24) is 4.72 Å². The minimum absolute atomic E-state index is 0.0702. The van der Waals surface area contributed by atoms with Crippen LogP contribution in [0, 0.1) is 25.6 Å². The summed E-state index contributed by atoms with van der Waals surface area (Å²) in [6, 6.07) is 1.73. The van der Waals surface area contributed by atoms with E-state index in [9.17, 15) is 12.8 Å². The third-order valence-corrected chi connectivity index (χ3v) is 4.95. The number of sulfonamides is 1. The fourth-order valence-electron chi connectivity index (χ4n) is 2.07. The van der Waals surface area contributed by atoms with E-state index >= 15 is 0 Å². The van der Waals surface area contributed by atoms with Gasteiger partial charge in [-0.05, 0) is 43.0 Å². The van der Waals surface area contributed by atoms with Gasteiger partial charge in [0.2, 0.25) is 10.0 Å². The van der Waals surface area contributed by atoms with Crippen LogP contribution >= 0.6 is 12.2 Å². The van der Waals surface area contributed by atoms with Crippen LogP contribution in [0.2, 0.25) is 0 Å². The lowest BCUT2D eigenvalue weighted by Gasteiger charge is -2.22. The highest BCUT2D eigenvalue weighted by Crippen LogP contribution is 2.22. The molecule has 0 aliphatic heterocycles. The van der Waals surface area contributed by atoms with Gasteiger partial charge >= 0.3 is 0 Å². The summed E-state index contributed by atoms with van der Waals surface area (Å²) in [4.78, 5) is 0.154. The molecule has 1 aromatic carbocycles. The van der Waals surface area contributed by atoms with Gasteiger partial charge in [-0.1, -0.05) is 26.1 Å². The fourth-order valence-corrected chi connectivity index (χ4v) is 4.29. The van der Waals surface area contributed by atoms with Crippen LogP contribution in [0.4, 0.5) is 4.39 Å². The summed E-state index contributed by atoms with van der Waals surface area (Å²) in [5.41, 5.74) is 6.26. The first kappa shape index (κ1) is 17.0. The Hall–Kier alpha value is -1.05. The maximum Gasteiger partial charge on any atom is 0.241 e. The average Bonchev–Trinajstić information content (AvgIpc) is 2.23. The molecule has 1 rings (SSSR count). The van der Waals surface area contributed by atoms with Crippen molar-refractivity contribution in [1.29, 1.82) is 0 Å². The van der Waals surface area contributed by atoms with Crippen molar-refractivity contribution in [2.45, 2.75) is 38.6 Å². The van der Waals surface area contributed by atoms with Crippen LogP contribution in [0.3, 0.4) is 0 Å². The molecule has 0 heterocycles. The molecule has 4 nitrogen and oxygen atoms in total. The summed E-state index contributed by atoms with van der Waals surface area (Å²) in [5, 5.41) is 0. The number of thiocarbonyl (C=S) groups is 1. The van der Waals surface area contributed by atoms with Crippen LogP contribution in [-0.2, 0) is 10.0 Å².